The number of rotatable bonds is 8. The Bertz CT molecular complexity index is 427. The zero-order chi connectivity index (χ0) is 15.2. The minimum absolute atomic E-state index is 0.268. The van der Waals surface area contributed by atoms with E-state index in [9.17, 15) is 4.79 Å². The maximum absolute atomic E-state index is 11.7. The summed E-state index contributed by atoms with van der Waals surface area (Å²) in [6, 6.07) is 0. The summed E-state index contributed by atoms with van der Waals surface area (Å²) in [6.45, 7) is 10.3. The standard InChI is InChI=1S/C14H24N2O4/c1-6-14(7-2,19-9-4)13-15-11(20-16-13)10(5)12(17)18-8-3/h10H,6-9H2,1-5H3. The maximum Gasteiger partial charge on any atom is 0.318 e. The number of nitrogens with zero attached hydrogens (tertiary/aromatic N) is 2. The van der Waals surface area contributed by atoms with Gasteiger partial charge < -0.3 is 14.0 Å². The molecule has 0 aliphatic carbocycles. The molecular formula is C14H24N2O4. The maximum atomic E-state index is 11.7. The van der Waals surface area contributed by atoms with Crippen LogP contribution in [0.4, 0.5) is 0 Å². The molecule has 114 valence electrons. The van der Waals surface area contributed by atoms with E-state index in [1.807, 2.05) is 20.8 Å². The molecule has 1 heterocycles. The molecule has 0 amide bonds. The summed E-state index contributed by atoms with van der Waals surface area (Å²) < 4.78 is 16.0. The molecule has 6 nitrogen and oxygen atoms in total. The first-order valence-electron chi connectivity index (χ1n) is 7.19. The Morgan fingerprint density at radius 3 is 2.40 bits per heavy atom. The van der Waals surface area contributed by atoms with Crippen LogP contribution in [0.5, 0.6) is 0 Å². The molecule has 0 aliphatic heterocycles. The van der Waals surface area contributed by atoms with Crippen LogP contribution < -0.4 is 0 Å². The number of hydrogen-bond donors (Lipinski definition) is 0. The van der Waals surface area contributed by atoms with Gasteiger partial charge in [-0.3, -0.25) is 4.79 Å². The zero-order valence-corrected chi connectivity index (χ0v) is 12.9. The predicted octanol–water partition coefficient (Wildman–Crippen LogP) is 2.79. The molecule has 1 rings (SSSR count). The van der Waals surface area contributed by atoms with E-state index in [-0.39, 0.29) is 11.9 Å². The van der Waals surface area contributed by atoms with Crippen LogP contribution in [0.2, 0.25) is 0 Å². The van der Waals surface area contributed by atoms with Gasteiger partial charge in [-0.2, -0.15) is 4.98 Å². The molecule has 0 saturated heterocycles. The van der Waals surface area contributed by atoms with Gasteiger partial charge in [-0.25, -0.2) is 0 Å². The number of hydrogen-bond acceptors (Lipinski definition) is 6. The molecule has 0 spiro atoms. The van der Waals surface area contributed by atoms with E-state index in [4.69, 9.17) is 14.0 Å². The third kappa shape index (κ3) is 3.36. The summed E-state index contributed by atoms with van der Waals surface area (Å²) in [7, 11) is 0. The average molecular weight is 284 g/mol. The molecule has 6 heteroatoms. The van der Waals surface area contributed by atoms with Crippen LogP contribution in [-0.2, 0) is 19.9 Å². The van der Waals surface area contributed by atoms with Crippen molar-refractivity contribution in [1.82, 2.24) is 10.1 Å². The summed E-state index contributed by atoms with van der Waals surface area (Å²) >= 11 is 0. The summed E-state index contributed by atoms with van der Waals surface area (Å²) in [4.78, 5) is 16.0. The van der Waals surface area contributed by atoms with Gasteiger partial charge in [-0.15, -0.1) is 0 Å². The Hall–Kier alpha value is -1.43. The molecule has 1 atom stereocenters. The molecule has 0 fully saturated rings. The van der Waals surface area contributed by atoms with E-state index in [0.29, 0.717) is 19.0 Å². The molecule has 0 aliphatic rings. The summed E-state index contributed by atoms with van der Waals surface area (Å²) in [5.41, 5.74) is -0.551. The van der Waals surface area contributed by atoms with Gasteiger partial charge in [0.2, 0.25) is 11.7 Å². The van der Waals surface area contributed by atoms with Crippen molar-refractivity contribution in [3.8, 4) is 0 Å². The molecule has 0 bridgehead atoms. The average Bonchev–Trinajstić information content (AvgIpc) is 2.94. The fraction of sp³-hybridized carbons (Fsp3) is 0.786. The highest BCUT2D eigenvalue weighted by Crippen LogP contribution is 2.31. The van der Waals surface area contributed by atoms with Crippen LogP contribution in [0, 0.1) is 0 Å². The first-order valence-corrected chi connectivity index (χ1v) is 7.19. The lowest BCUT2D eigenvalue weighted by Gasteiger charge is -2.27. The number of carbonyl (C=O) groups is 1. The van der Waals surface area contributed by atoms with E-state index in [1.54, 1.807) is 13.8 Å². The van der Waals surface area contributed by atoms with E-state index >= 15 is 0 Å². The van der Waals surface area contributed by atoms with Crippen molar-refractivity contribution in [2.75, 3.05) is 13.2 Å². The van der Waals surface area contributed by atoms with Crippen molar-refractivity contribution in [2.45, 2.75) is 59.0 Å². The van der Waals surface area contributed by atoms with Gasteiger partial charge >= 0.3 is 5.97 Å². The second-order valence-electron chi connectivity index (χ2n) is 4.56. The predicted molar refractivity (Wildman–Crippen MR) is 73.2 cm³/mol. The number of esters is 1. The second-order valence-corrected chi connectivity index (χ2v) is 4.56. The largest absolute Gasteiger partial charge is 0.465 e. The zero-order valence-electron chi connectivity index (χ0n) is 12.9. The van der Waals surface area contributed by atoms with Gasteiger partial charge in [0.15, 0.2) is 0 Å². The fourth-order valence-electron chi connectivity index (χ4n) is 2.08. The van der Waals surface area contributed by atoms with Gasteiger partial charge in [0, 0.05) is 6.61 Å². The van der Waals surface area contributed by atoms with Crippen LogP contribution in [0.25, 0.3) is 0 Å². The lowest BCUT2D eigenvalue weighted by molar-refractivity contribution is -0.145. The first kappa shape index (κ1) is 16.6. The van der Waals surface area contributed by atoms with Crippen LogP contribution >= 0.6 is 0 Å². The van der Waals surface area contributed by atoms with E-state index in [0.717, 1.165) is 12.8 Å². The molecule has 0 aromatic carbocycles. The minimum Gasteiger partial charge on any atom is -0.465 e. The molecule has 0 saturated carbocycles. The normalized spacial score (nSPS) is 13.2. The molecule has 0 radical (unpaired) electrons. The minimum atomic E-state index is -0.566. The van der Waals surface area contributed by atoms with Crippen molar-refractivity contribution in [3.05, 3.63) is 11.7 Å². The van der Waals surface area contributed by atoms with E-state index in [1.165, 1.54) is 0 Å². The smallest absolute Gasteiger partial charge is 0.318 e. The Labute approximate surface area is 119 Å². The number of ether oxygens (including phenoxy) is 2. The lowest BCUT2D eigenvalue weighted by atomic mass is 9.96. The van der Waals surface area contributed by atoms with Crippen molar-refractivity contribution < 1.29 is 18.8 Å². The highest BCUT2D eigenvalue weighted by molar-refractivity contribution is 5.76. The number of aromatic nitrogens is 2. The van der Waals surface area contributed by atoms with Gasteiger partial charge in [0.05, 0.1) is 6.61 Å². The first-order chi connectivity index (χ1) is 9.54. The van der Waals surface area contributed by atoms with E-state index < -0.39 is 11.5 Å². The highest BCUT2D eigenvalue weighted by Gasteiger charge is 2.36. The molecule has 1 unspecified atom stereocenters. The van der Waals surface area contributed by atoms with Crippen LogP contribution in [0.3, 0.4) is 0 Å². The Kier molecular flexibility index (Phi) is 6.13. The van der Waals surface area contributed by atoms with E-state index in [2.05, 4.69) is 10.1 Å². The molecule has 20 heavy (non-hydrogen) atoms. The molecule has 1 aromatic heterocycles. The topological polar surface area (TPSA) is 74.5 Å². The van der Waals surface area contributed by atoms with Crippen molar-refractivity contribution in [2.24, 2.45) is 0 Å². The van der Waals surface area contributed by atoms with Crippen LogP contribution in [0.1, 0.15) is 65.1 Å². The quantitative estimate of drug-likeness (QED) is 0.683. The molecule has 0 N–H and O–H groups in total. The van der Waals surface area contributed by atoms with Crippen molar-refractivity contribution >= 4 is 5.97 Å². The fourth-order valence-corrected chi connectivity index (χ4v) is 2.08. The Morgan fingerprint density at radius 2 is 1.90 bits per heavy atom. The Morgan fingerprint density at radius 1 is 1.25 bits per heavy atom. The third-order valence-electron chi connectivity index (χ3n) is 3.42. The monoisotopic (exact) mass is 284 g/mol. The summed E-state index contributed by atoms with van der Waals surface area (Å²) in [5.74, 6) is -0.165. The second kappa shape index (κ2) is 7.38. The SMILES string of the molecule is CCOC(=O)C(C)c1nc(C(CC)(CC)OCC)no1. The molecule has 1 aromatic rings. The lowest BCUT2D eigenvalue weighted by Crippen LogP contribution is -2.30. The Balaban J connectivity index is 2.97. The van der Waals surface area contributed by atoms with Gasteiger partial charge in [-0.1, -0.05) is 19.0 Å². The summed E-state index contributed by atoms with van der Waals surface area (Å²) in [5, 5.41) is 3.99. The highest BCUT2D eigenvalue weighted by atomic mass is 16.5. The van der Waals surface area contributed by atoms with Gasteiger partial charge in [0.1, 0.15) is 11.5 Å². The number of carbonyl (C=O) groups excluding carboxylic acids is 1. The van der Waals surface area contributed by atoms with Gasteiger partial charge in [-0.05, 0) is 33.6 Å². The van der Waals surface area contributed by atoms with Crippen molar-refractivity contribution in [3.63, 3.8) is 0 Å². The van der Waals surface area contributed by atoms with Crippen LogP contribution in [-0.4, -0.2) is 29.3 Å². The summed E-state index contributed by atoms with van der Waals surface area (Å²) in [6.07, 6.45) is 1.48. The van der Waals surface area contributed by atoms with Crippen LogP contribution in [0.15, 0.2) is 4.52 Å². The van der Waals surface area contributed by atoms with Crippen molar-refractivity contribution in [1.29, 1.82) is 0 Å². The third-order valence-corrected chi connectivity index (χ3v) is 3.42. The van der Waals surface area contributed by atoms with Gasteiger partial charge in [0.25, 0.3) is 0 Å². The molecular weight excluding hydrogens is 260 g/mol.